The molecule has 2 N–H and O–H groups in total. The Hall–Kier alpha value is -0.160. The van der Waals surface area contributed by atoms with Crippen molar-refractivity contribution in [3.63, 3.8) is 0 Å². The Kier molecular flexibility index (Phi) is 3.07. The van der Waals surface area contributed by atoms with Crippen molar-refractivity contribution in [1.29, 1.82) is 0 Å². The molecule has 2 aliphatic rings. The molecule has 0 aromatic rings. The number of rotatable bonds is 3. The lowest BCUT2D eigenvalue weighted by molar-refractivity contribution is 0.0157. The standard InChI is InChI=1S/C10H19NO3/c1-10(3-2-4-14-10)7-11-8-5-13-6-9(8)12/h8-9,11-12H,2-7H2,1H3. The maximum atomic E-state index is 9.52. The summed E-state index contributed by atoms with van der Waals surface area (Å²) in [7, 11) is 0. The van der Waals surface area contributed by atoms with Crippen molar-refractivity contribution in [2.24, 2.45) is 0 Å². The summed E-state index contributed by atoms with van der Waals surface area (Å²) in [6.07, 6.45) is 1.88. The number of ether oxygens (including phenoxy) is 2. The second kappa shape index (κ2) is 4.14. The summed E-state index contributed by atoms with van der Waals surface area (Å²) in [6.45, 7) is 4.85. The van der Waals surface area contributed by atoms with E-state index in [0.29, 0.717) is 13.2 Å². The van der Waals surface area contributed by atoms with Crippen molar-refractivity contribution >= 4 is 0 Å². The average Bonchev–Trinajstić information content (AvgIpc) is 2.73. The number of nitrogens with one attached hydrogen (secondary N) is 1. The second-order valence-corrected chi connectivity index (χ2v) is 4.49. The first kappa shape index (κ1) is 10.4. The summed E-state index contributed by atoms with van der Waals surface area (Å²) in [4.78, 5) is 0. The molecule has 4 heteroatoms. The van der Waals surface area contributed by atoms with Gasteiger partial charge in [-0.05, 0) is 19.8 Å². The van der Waals surface area contributed by atoms with Gasteiger partial charge >= 0.3 is 0 Å². The predicted octanol–water partition coefficient (Wildman–Crippen LogP) is -0.0952. The first-order valence-corrected chi connectivity index (χ1v) is 5.33. The van der Waals surface area contributed by atoms with Crippen molar-refractivity contribution in [1.82, 2.24) is 5.32 Å². The molecule has 0 aromatic heterocycles. The molecule has 0 bridgehead atoms. The van der Waals surface area contributed by atoms with Crippen LogP contribution in [0.2, 0.25) is 0 Å². The number of aliphatic hydroxyl groups excluding tert-OH is 1. The lowest BCUT2D eigenvalue weighted by Crippen LogP contribution is -2.46. The average molecular weight is 201 g/mol. The van der Waals surface area contributed by atoms with Crippen LogP contribution in [0.1, 0.15) is 19.8 Å². The number of hydrogen-bond acceptors (Lipinski definition) is 4. The fourth-order valence-electron chi connectivity index (χ4n) is 2.06. The Morgan fingerprint density at radius 3 is 2.93 bits per heavy atom. The van der Waals surface area contributed by atoms with Crippen LogP contribution in [0.15, 0.2) is 0 Å². The van der Waals surface area contributed by atoms with E-state index < -0.39 is 0 Å². The fraction of sp³-hybridized carbons (Fsp3) is 1.00. The van der Waals surface area contributed by atoms with Gasteiger partial charge in [0.05, 0.1) is 31.0 Å². The Morgan fingerprint density at radius 1 is 1.50 bits per heavy atom. The van der Waals surface area contributed by atoms with E-state index in [1.54, 1.807) is 0 Å². The van der Waals surface area contributed by atoms with Gasteiger partial charge in [-0.25, -0.2) is 0 Å². The summed E-state index contributed by atoms with van der Waals surface area (Å²) in [5.41, 5.74) is -0.0394. The quantitative estimate of drug-likeness (QED) is 0.670. The molecule has 2 aliphatic heterocycles. The maximum absolute atomic E-state index is 9.52. The minimum atomic E-state index is -0.361. The van der Waals surface area contributed by atoms with Gasteiger partial charge in [-0.15, -0.1) is 0 Å². The summed E-state index contributed by atoms with van der Waals surface area (Å²) < 4.78 is 10.8. The zero-order chi connectivity index (χ0) is 10.0. The smallest absolute Gasteiger partial charge is 0.0948 e. The largest absolute Gasteiger partial charge is 0.389 e. The highest BCUT2D eigenvalue weighted by atomic mass is 16.5. The molecule has 0 spiro atoms. The van der Waals surface area contributed by atoms with Crippen LogP contribution in [0.25, 0.3) is 0 Å². The molecule has 0 aromatic carbocycles. The summed E-state index contributed by atoms with van der Waals surface area (Å²) >= 11 is 0. The third-order valence-electron chi connectivity index (χ3n) is 3.09. The monoisotopic (exact) mass is 201 g/mol. The molecule has 2 fully saturated rings. The van der Waals surface area contributed by atoms with Gasteiger partial charge in [0.2, 0.25) is 0 Å². The van der Waals surface area contributed by atoms with E-state index >= 15 is 0 Å². The predicted molar refractivity (Wildman–Crippen MR) is 52.2 cm³/mol. The van der Waals surface area contributed by atoms with Gasteiger partial charge in [0, 0.05) is 13.2 Å². The molecule has 0 aliphatic carbocycles. The van der Waals surface area contributed by atoms with Gasteiger partial charge in [-0.2, -0.15) is 0 Å². The van der Waals surface area contributed by atoms with E-state index in [1.807, 2.05) is 0 Å². The molecule has 14 heavy (non-hydrogen) atoms. The van der Waals surface area contributed by atoms with E-state index in [0.717, 1.165) is 26.0 Å². The van der Waals surface area contributed by atoms with E-state index in [2.05, 4.69) is 12.2 Å². The molecular weight excluding hydrogens is 182 g/mol. The highest BCUT2D eigenvalue weighted by Crippen LogP contribution is 2.24. The summed E-state index contributed by atoms with van der Waals surface area (Å²) in [5, 5.41) is 12.8. The van der Waals surface area contributed by atoms with Gasteiger partial charge in [0.1, 0.15) is 0 Å². The Morgan fingerprint density at radius 2 is 2.36 bits per heavy atom. The summed E-state index contributed by atoms with van der Waals surface area (Å²) in [5.74, 6) is 0. The zero-order valence-corrected chi connectivity index (χ0v) is 8.66. The van der Waals surface area contributed by atoms with Crippen LogP contribution in [0.5, 0.6) is 0 Å². The molecule has 3 unspecified atom stereocenters. The second-order valence-electron chi connectivity index (χ2n) is 4.49. The van der Waals surface area contributed by atoms with Crippen LogP contribution >= 0.6 is 0 Å². The Balaban J connectivity index is 1.75. The number of hydrogen-bond donors (Lipinski definition) is 2. The molecular formula is C10H19NO3. The van der Waals surface area contributed by atoms with Gasteiger partial charge in [-0.1, -0.05) is 0 Å². The first-order valence-electron chi connectivity index (χ1n) is 5.33. The number of aliphatic hydroxyl groups is 1. The highest BCUT2D eigenvalue weighted by molar-refractivity contribution is 4.87. The minimum absolute atomic E-state index is 0.0394. The van der Waals surface area contributed by atoms with E-state index in [4.69, 9.17) is 9.47 Å². The summed E-state index contributed by atoms with van der Waals surface area (Å²) in [6, 6.07) is 0.0797. The third-order valence-corrected chi connectivity index (χ3v) is 3.09. The van der Waals surface area contributed by atoms with Gasteiger partial charge in [0.15, 0.2) is 0 Å². The molecule has 2 saturated heterocycles. The van der Waals surface area contributed by atoms with Crippen LogP contribution in [0.3, 0.4) is 0 Å². The topological polar surface area (TPSA) is 50.7 Å². The van der Waals surface area contributed by atoms with Crippen molar-refractivity contribution in [2.45, 2.75) is 37.5 Å². The molecule has 2 rings (SSSR count). The zero-order valence-electron chi connectivity index (χ0n) is 8.66. The van der Waals surface area contributed by atoms with Crippen molar-refractivity contribution in [3.8, 4) is 0 Å². The van der Waals surface area contributed by atoms with Gasteiger partial charge in [-0.3, -0.25) is 0 Å². The van der Waals surface area contributed by atoms with E-state index in [1.165, 1.54) is 0 Å². The Bertz CT molecular complexity index is 192. The lowest BCUT2D eigenvalue weighted by atomic mass is 10.0. The Labute approximate surface area is 84.6 Å². The molecule has 0 radical (unpaired) electrons. The normalized spacial score (nSPS) is 43.3. The van der Waals surface area contributed by atoms with Crippen LogP contribution in [-0.2, 0) is 9.47 Å². The van der Waals surface area contributed by atoms with Gasteiger partial charge < -0.3 is 19.9 Å². The molecule has 3 atom stereocenters. The molecule has 2 heterocycles. The molecule has 0 amide bonds. The third kappa shape index (κ3) is 2.25. The van der Waals surface area contributed by atoms with E-state index in [-0.39, 0.29) is 17.7 Å². The molecule has 82 valence electrons. The highest BCUT2D eigenvalue weighted by Gasteiger charge is 2.32. The fourth-order valence-corrected chi connectivity index (χ4v) is 2.06. The lowest BCUT2D eigenvalue weighted by Gasteiger charge is -2.26. The van der Waals surface area contributed by atoms with Gasteiger partial charge in [0.25, 0.3) is 0 Å². The van der Waals surface area contributed by atoms with Crippen LogP contribution in [0, 0.1) is 0 Å². The minimum Gasteiger partial charge on any atom is -0.389 e. The van der Waals surface area contributed by atoms with E-state index in [9.17, 15) is 5.11 Å². The molecule has 0 saturated carbocycles. The van der Waals surface area contributed by atoms with Crippen molar-refractivity contribution in [3.05, 3.63) is 0 Å². The van der Waals surface area contributed by atoms with Crippen LogP contribution < -0.4 is 5.32 Å². The van der Waals surface area contributed by atoms with Crippen LogP contribution in [-0.4, -0.2) is 49.2 Å². The van der Waals surface area contributed by atoms with Crippen molar-refractivity contribution < 1.29 is 14.6 Å². The van der Waals surface area contributed by atoms with Crippen LogP contribution in [0.4, 0.5) is 0 Å². The maximum Gasteiger partial charge on any atom is 0.0948 e. The SMILES string of the molecule is CC1(CNC2COCC2O)CCCO1. The van der Waals surface area contributed by atoms with Crippen molar-refractivity contribution in [2.75, 3.05) is 26.4 Å². The first-order chi connectivity index (χ1) is 6.70. The molecule has 4 nitrogen and oxygen atoms in total.